The third-order valence-electron chi connectivity index (χ3n) is 1.46. The van der Waals surface area contributed by atoms with Crippen LogP contribution in [0.25, 0.3) is 0 Å². The van der Waals surface area contributed by atoms with Gasteiger partial charge in [-0.1, -0.05) is 27.5 Å². The Balaban J connectivity index is 3.22. The second-order valence-electron chi connectivity index (χ2n) is 2.74. The summed E-state index contributed by atoms with van der Waals surface area (Å²) < 4.78 is 25.6. The number of nitrogens with one attached hydrogen (secondary N) is 1. The molecule has 0 aliphatic rings. The van der Waals surface area contributed by atoms with E-state index in [1.54, 1.807) is 0 Å². The van der Waals surface area contributed by atoms with Gasteiger partial charge in [-0.2, -0.15) is 0 Å². The van der Waals surface area contributed by atoms with E-state index in [1.807, 2.05) is 4.72 Å². The number of rotatable bonds is 2. The molecule has 1 aromatic rings. The van der Waals surface area contributed by atoms with Crippen molar-refractivity contribution in [1.82, 2.24) is 4.72 Å². The van der Waals surface area contributed by atoms with Gasteiger partial charge in [0.2, 0.25) is 5.91 Å². The van der Waals surface area contributed by atoms with Crippen molar-refractivity contribution in [2.24, 2.45) is 0 Å². The van der Waals surface area contributed by atoms with Crippen molar-refractivity contribution < 1.29 is 13.2 Å². The van der Waals surface area contributed by atoms with Crippen LogP contribution < -0.4 is 4.72 Å². The quantitative estimate of drug-likeness (QED) is 0.907. The molecule has 0 saturated carbocycles. The van der Waals surface area contributed by atoms with Gasteiger partial charge in [0.05, 0.1) is 5.02 Å². The lowest BCUT2D eigenvalue weighted by Gasteiger charge is -2.06. The summed E-state index contributed by atoms with van der Waals surface area (Å²) in [4.78, 5) is 10.5. The van der Waals surface area contributed by atoms with Gasteiger partial charge in [-0.05, 0) is 18.2 Å². The van der Waals surface area contributed by atoms with Crippen molar-refractivity contribution in [1.29, 1.82) is 0 Å². The maximum Gasteiger partial charge on any atom is 0.265 e. The Bertz CT molecular complexity index is 501. The van der Waals surface area contributed by atoms with E-state index >= 15 is 0 Å². The van der Waals surface area contributed by atoms with Gasteiger partial charge in [0.1, 0.15) is 4.90 Å². The molecule has 0 unspecified atom stereocenters. The number of hydrogen-bond acceptors (Lipinski definition) is 3. The maximum absolute atomic E-state index is 11.5. The SMILES string of the molecule is CC(=O)NS(=O)(=O)c1ccc(Br)cc1Cl. The minimum absolute atomic E-state index is 0.0538. The van der Waals surface area contributed by atoms with Crippen molar-refractivity contribution in [2.75, 3.05) is 0 Å². The van der Waals surface area contributed by atoms with Crippen LogP contribution in [0, 0.1) is 0 Å². The summed E-state index contributed by atoms with van der Waals surface area (Å²) in [5.74, 6) is -0.658. The van der Waals surface area contributed by atoms with Crippen LogP contribution >= 0.6 is 27.5 Å². The number of benzene rings is 1. The second-order valence-corrected chi connectivity index (χ2v) is 5.71. The molecule has 1 amide bonds. The Hall–Kier alpha value is -0.590. The molecular weight excluding hydrogens is 306 g/mol. The molecule has 0 aliphatic carbocycles. The fraction of sp³-hybridized carbons (Fsp3) is 0.125. The third-order valence-corrected chi connectivity index (χ3v) is 3.87. The summed E-state index contributed by atoms with van der Waals surface area (Å²) in [5.41, 5.74) is 0. The Labute approximate surface area is 101 Å². The first-order chi connectivity index (χ1) is 6.83. The van der Waals surface area contributed by atoms with E-state index in [-0.39, 0.29) is 9.92 Å². The van der Waals surface area contributed by atoms with Gasteiger partial charge in [-0.3, -0.25) is 4.79 Å². The predicted molar refractivity (Wildman–Crippen MR) is 60.2 cm³/mol. The Kier molecular flexibility index (Phi) is 3.75. The average molecular weight is 313 g/mol. The first-order valence-corrected chi connectivity index (χ1v) is 6.47. The Morgan fingerprint density at radius 2 is 2.07 bits per heavy atom. The van der Waals surface area contributed by atoms with Gasteiger partial charge < -0.3 is 0 Å². The summed E-state index contributed by atoms with van der Waals surface area (Å²) in [5, 5.41) is 0.0538. The smallest absolute Gasteiger partial charge is 0.265 e. The molecule has 0 aliphatic heterocycles. The van der Waals surface area contributed by atoms with Crippen LogP contribution in [0.3, 0.4) is 0 Å². The highest BCUT2D eigenvalue weighted by molar-refractivity contribution is 9.10. The van der Waals surface area contributed by atoms with Crippen molar-refractivity contribution in [3.05, 3.63) is 27.7 Å². The summed E-state index contributed by atoms with van der Waals surface area (Å²) in [7, 11) is -3.86. The van der Waals surface area contributed by atoms with Gasteiger partial charge in [-0.15, -0.1) is 0 Å². The number of sulfonamides is 1. The highest BCUT2D eigenvalue weighted by atomic mass is 79.9. The molecule has 0 bridgehead atoms. The molecule has 0 spiro atoms. The van der Waals surface area contributed by atoms with E-state index < -0.39 is 15.9 Å². The highest BCUT2D eigenvalue weighted by Crippen LogP contribution is 2.24. The van der Waals surface area contributed by atoms with E-state index in [1.165, 1.54) is 18.2 Å². The molecule has 15 heavy (non-hydrogen) atoms. The average Bonchev–Trinajstić information content (AvgIpc) is 1.99. The molecule has 7 heteroatoms. The summed E-state index contributed by atoms with van der Waals surface area (Å²) >= 11 is 8.88. The van der Waals surface area contributed by atoms with Crippen molar-refractivity contribution in [2.45, 2.75) is 11.8 Å². The summed E-state index contributed by atoms with van der Waals surface area (Å²) in [6.07, 6.45) is 0. The molecule has 82 valence electrons. The largest absolute Gasteiger partial charge is 0.274 e. The fourth-order valence-corrected chi connectivity index (χ4v) is 2.97. The van der Waals surface area contributed by atoms with E-state index in [9.17, 15) is 13.2 Å². The van der Waals surface area contributed by atoms with Crippen LogP contribution in [-0.4, -0.2) is 14.3 Å². The van der Waals surface area contributed by atoms with E-state index in [0.717, 1.165) is 6.92 Å². The number of halogens is 2. The zero-order chi connectivity index (χ0) is 11.6. The van der Waals surface area contributed by atoms with Crippen LogP contribution in [-0.2, 0) is 14.8 Å². The molecule has 1 N–H and O–H groups in total. The molecule has 0 aromatic heterocycles. The standard InChI is InChI=1S/C8H7BrClNO3S/c1-5(12)11-15(13,14)8-3-2-6(9)4-7(8)10/h2-4H,1H3,(H,11,12). The number of amides is 1. The summed E-state index contributed by atoms with van der Waals surface area (Å²) in [6.45, 7) is 1.12. The van der Waals surface area contributed by atoms with Gasteiger partial charge in [0.15, 0.2) is 0 Å². The molecule has 0 saturated heterocycles. The molecule has 1 rings (SSSR count). The Morgan fingerprint density at radius 1 is 1.47 bits per heavy atom. The predicted octanol–water partition coefficient (Wildman–Crippen LogP) is 1.93. The molecule has 4 nitrogen and oxygen atoms in total. The van der Waals surface area contributed by atoms with Gasteiger partial charge in [0.25, 0.3) is 10.0 Å². The van der Waals surface area contributed by atoms with Crippen LogP contribution in [0.4, 0.5) is 0 Å². The molecule has 0 radical (unpaired) electrons. The number of carbonyl (C=O) groups excluding carboxylic acids is 1. The first-order valence-electron chi connectivity index (χ1n) is 3.81. The van der Waals surface area contributed by atoms with Crippen molar-refractivity contribution in [3.8, 4) is 0 Å². The minimum atomic E-state index is -3.86. The molecular formula is C8H7BrClNO3S. The number of hydrogen-bond donors (Lipinski definition) is 1. The van der Waals surface area contributed by atoms with Crippen LogP contribution in [0.2, 0.25) is 5.02 Å². The van der Waals surface area contributed by atoms with E-state index in [0.29, 0.717) is 4.47 Å². The molecule has 0 atom stereocenters. The van der Waals surface area contributed by atoms with E-state index in [4.69, 9.17) is 11.6 Å². The lowest BCUT2D eigenvalue weighted by atomic mass is 10.4. The van der Waals surface area contributed by atoms with Crippen LogP contribution in [0.15, 0.2) is 27.6 Å². The second kappa shape index (κ2) is 4.51. The van der Waals surface area contributed by atoms with Gasteiger partial charge >= 0.3 is 0 Å². The third kappa shape index (κ3) is 3.19. The topological polar surface area (TPSA) is 63.2 Å². The minimum Gasteiger partial charge on any atom is -0.274 e. The van der Waals surface area contributed by atoms with E-state index in [2.05, 4.69) is 15.9 Å². The zero-order valence-corrected chi connectivity index (χ0v) is 10.8. The number of carbonyl (C=O) groups is 1. The highest BCUT2D eigenvalue weighted by Gasteiger charge is 2.18. The summed E-state index contributed by atoms with van der Waals surface area (Å²) in [6, 6.07) is 4.29. The maximum atomic E-state index is 11.5. The van der Waals surface area contributed by atoms with Crippen molar-refractivity contribution >= 4 is 43.5 Å². The van der Waals surface area contributed by atoms with Crippen LogP contribution in [0.5, 0.6) is 0 Å². The lowest BCUT2D eigenvalue weighted by molar-refractivity contribution is -0.117. The Morgan fingerprint density at radius 3 is 2.53 bits per heavy atom. The van der Waals surface area contributed by atoms with Gasteiger partial charge in [0, 0.05) is 11.4 Å². The molecule has 0 heterocycles. The molecule has 0 fully saturated rings. The monoisotopic (exact) mass is 311 g/mol. The lowest BCUT2D eigenvalue weighted by Crippen LogP contribution is -2.28. The first kappa shape index (κ1) is 12.5. The van der Waals surface area contributed by atoms with Gasteiger partial charge in [-0.25, -0.2) is 13.1 Å². The normalized spacial score (nSPS) is 11.1. The van der Waals surface area contributed by atoms with Crippen molar-refractivity contribution in [3.63, 3.8) is 0 Å². The van der Waals surface area contributed by atoms with Crippen LogP contribution in [0.1, 0.15) is 6.92 Å². The fourth-order valence-electron chi connectivity index (χ4n) is 0.937. The zero-order valence-electron chi connectivity index (χ0n) is 7.62. The molecule has 1 aromatic carbocycles.